The number of hydrogen-bond donors (Lipinski definition) is 0. The van der Waals surface area contributed by atoms with Gasteiger partial charge in [-0.3, -0.25) is 4.79 Å². The van der Waals surface area contributed by atoms with E-state index in [1.54, 1.807) is 10.7 Å². The molecule has 1 aromatic carbocycles. The van der Waals surface area contributed by atoms with Gasteiger partial charge < -0.3 is 4.90 Å². The van der Waals surface area contributed by atoms with Crippen LogP contribution in [0.2, 0.25) is 0 Å². The molecule has 1 amide bonds. The molecule has 2 aromatic heterocycles. The molecule has 0 saturated heterocycles. The second kappa shape index (κ2) is 8.37. The van der Waals surface area contributed by atoms with E-state index in [0.29, 0.717) is 21.8 Å². The third-order valence-corrected chi connectivity index (χ3v) is 4.34. The van der Waals surface area contributed by atoms with Gasteiger partial charge in [0.15, 0.2) is 5.82 Å². The van der Waals surface area contributed by atoms with E-state index in [1.165, 1.54) is 36.5 Å². The molecule has 0 aliphatic heterocycles. The fourth-order valence-electron chi connectivity index (χ4n) is 3.00. The minimum atomic E-state index is -4.56. The van der Waals surface area contributed by atoms with E-state index < -0.39 is 18.6 Å². The lowest BCUT2D eigenvalue weighted by molar-refractivity contribution is -0.141. The molecule has 0 spiro atoms. The molecule has 2 heterocycles. The van der Waals surface area contributed by atoms with Crippen LogP contribution in [0.3, 0.4) is 0 Å². The third kappa shape index (κ3) is 5.03. The maximum absolute atomic E-state index is 13.1. The lowest BCUT2D eigenvalue weighted by atomic mass is 10.1. The lowest BCUT2D eigenvalue weighted by Gasteiger charge is -2.24. The van der Waals surface area contributed by atoms with Gasteiger partial charge >= 0.3 is 6.18 Å². The number of aromatic nitrogens is 3. The number of hydrogen-bond acceptors (Lipinski definition) is 4. The largest absolute Gasteiger partial charge is 0.406 e. The first-order valence-electron chi connectivity index (χ1n) is 9.01. The number of benzene rings is 1. The van der Waals surface area contributed by atoms with Crippen LogP contribution in [0.25, 0.3) is 5.82 Å². The van der Waals surface area contributed by atoms with Gasteiger partial charge in [0.05, 0.1) is 22.9 Å². The zero-order chi connectivity index (χ0) is 21.9. The van der Waals surface area contributed by atoms with Crippen LogP contribution < -0.4 is 0 Å². The van der Waals surface area contributed by atoms with Gasteiger partial charge in [-0.15, -0.1) is 0 Å². The van der Waals surface area contributed by atoms with E-state index in [-0.39, 0.29) is 12.1 Å². The number of carbonyl (C=O) groups excluding carboxylic acids is 1. The minimum Gasteiger partial charge on any atom is -0.325 e. The van der Waals surface area contributed by atoms with Gasteiger partial charge in [0, 0.05) is 18.4 Å². The van der Waals surface area contributed by atoms with E-state index >= 15 is 0 Å². The number of nitriles is 1. The van der Waals surface area contributed by atoms with Gasteiger partial charge in [-0.25, -0.2) is 9.67 Å². The quantitative estimate of drug-likeness (QED) is 0.635. The summed E-state index contributed by atoms with van der Waals surface area (Å²) in [5.41, 5.74) is 2.56. The molecule has 9 heteroatoms. The van der Waals surface area contributed by atoms with Crippen molar-refractivity contribution < 1.29 is 18.0 Å². The first-order chi connectivity index (χ1) is 14.2. The number of aryl methyl sites for hydroxylation is 2. The lowest BCUT2D eigenvalue weighted by Crippen LogP contribution is -2.38. The van der Waals surface area contributed by atoms with Crippen LogP contribution >= 0.6 is 0 Å². The Labute approximate surface area is 171 Å². The second-order valence-electron chi connectivity index (χ2n) is 6.83. The summed E-state index contributed by atoms with van der Waals surface area (Å²) in [6.45, 7) is 2.04. The molecule has 3 rings (SSSR count). The number of pyridine rings is 1. The smallest absolute Gasteiger partial charge is 0.325 e. The van der Waals surface area contributed by atoms with Gasteiger partial charge in [-0.1, -0.05) is 12.1 Å². The zero-order valence-corrected chi connectivity index (χ0v) is 16.3. The van der Waals surface area contributed by atoms with Crippen LogP contribution in [0.5, 0.6) is 0 Å². The number of halogens is 3. The number of nitrogens with zero attached hydrogens (tertiary/aromatic N) is 5. The molecule has 0 atom stereocenters. The van der Waals surface area contributed by atoms with Crippen molar-refractivity contribution in [3.8, 4) is 11.9 Å². The van der Waals surface area contributed by atoms with Crippen molar-refractivity contribution in [3.63, 3.8) is 0 Å². The Kier molecular flexibility index (Phi) is 5.87. The van der Waals surface area contributed by atoms with Crippen LogP contribution in [-0.2, 0) is 6.54 Å². The number of rotatable bonds is 5. The topological polar surface area (TPSA) is 74.8 Å². The predicted octanol–water partition coefficient (Wildman–Crippen LogP) is 3.96. The van der Waals surface area contributed by atoms with Crippen LogP contribution in [0, 0.1) is 25.2 Å². The van der Waals surface area contributed by atoms with Crippen molar-refractivity contribution in [3.05, 3.63) is 76.7 Å². The first-order valence-corrected chi connectivity index (χ1v) is 9.01. The fraction of sp³-hybridized carbons (Fsp3) is 0.238. The molecule has 0 radical (unpaired) electrons. The number of amides is 1. The minimum absolute atomic E-state index is 0.0400. The molecule has 0 fully saturated rings. The average molecular weight is 413 g/mol. The third-order valence-electron chi connectivity index (χ3n) is 4.34. The summed E-state index contributed by atoms with van der Waals surface area (Å²) in [5, 5.41) is 13.1. The van der Waals surface area contributed by atoms with E-state index in [4.69, 9.17) is 5.26 Å². The normalized spacial score (nSPS) is 11.2. The van der Waals surface area contributed by atoms with Crippen LogP contribution in [0.1, 0.15) is 32.9 Å². The Morgan fingerprint density at radius 1 is 1.17 bits per heavy atom. The molecule has 154 valence electrons. The number of alkyl halides is 3. The molecule has 6 nitrogen and oxygen atoms in total. The first kappa shape index (κ1) is 21.0. The highest BCUT2D eigenvalue weighted by Gasteiger charge is 2.33. The van der Waals surface area contributed by atoms with Gasteiger partial charge in [0.2, 0.25) is 0 Å². The summed E-state index contributed by atoms with van der Waals surface area (Å²) in [4.78, 5) is 17.7. The summed E-state index contributed by atoms with van der Waals surface area (Å²) in [6.07, 6.45) is -3.31. The van der Waals surface area contributed by atoms with Crippen LogP contribution in [-0.4, -0.2) is 38.3 Å². The zero-order valence-electron chi connectivity index (χ0n) is 16.3. The van der Waals surface area contributed by atoms with Gasteiger partial charge in [0.1, 0.15) is 6.54 Å². The maximum atomic E-state index is 13.1. The van der Waals surface area contributed by atoms with E-state index in [2.05, 4.69) is 10.1 Å². The molecule has 0 N–H and O–H groups in total. The summed E-state index contributed by atoms with van der Waals surface area (Å²) >= 11 is 0. The molecule has 0 aliphatic rings. The Bertz CT molecular complexity index is 1080. The highest BCUT2D eigenvalue weighted by atomic mass is 19.4. The molecule has 0 unspecified atom stereocenters. The molecule has 3 aromatic rings. The highest BCUT2D eigenvalue weighted by Crippen LogP contribution is 2.21. The summed E-state index contributed by atoms with van der Waals surface area (Å²) in [7, 11) is 0. The fourth-order valence-corrected chi connectivity index (χ4v) is 3.00. The van der Waals surface area contributed by atoms with E-state index in [0.717, 1.165) is 11.4 Å². The Hall–Kier alpha value is -3.67. The predicted molar refractivity (Wildman–Crippen MR) is 103 cm³/mol. The Morgan fingerprint density at radius 2 is 1.87 bits per heavy atom. The molecular weight excluding hydrogens is 395 g/mol. The monoisotopic (exact) mass is 413 g/mol. The molecular formula is C21H18F3N5O. The van der Waals surface area contributed by atoms with Gasteiger partial charge in [-0.2, -0.15) is 23.5 Å². The summed E-state index contributed by atoms with van der Waals surface area (Å²) in [5.74, 6) is -0.323. The van der Waals surface area contributed by atoms with E-state index in [9.17, 15) is 18.0 Å². The molecule has 0 aliphatic carbocycles. The van der Waals surface area contributed by atoms with Crippen molar-refractivity contribution in [2.75, 3.05) is 6.54 Å². The molecule has 0 saturated carbocycles. The van der Waals surface area contributed by atoms with Crippen molar-refractivity contribution in [1.82, 2.24) is 19.7 Å². The molecule has 30 heavy (non-hydrogen) atoms. The second-order valence-corrected chi connectivity index (χ2v) is 6.83. The molecule has 0 bridgehead atoms. The van der Waals surface area contributed by atoms with Crippen molar-refractivity contribution >= 4 is 5.91 Å². The summed E-state index contributed by atoms with van der Waals surface area (Å²) < 4.78 is 40.8. The SMILES string of the molecule is Cc1cc(C)n(-c2ccc(C(=O)N(Cc3ccc(C#N)cc3)CC(F)(F)F)cn2)n1. The van der Waals surface area contributed by atoms with E-state index in [1.807, 2.05) is 26.0 Å². The Morgan fingerprint density at radius 3 is 2.37 bits per heavy atom. The summed E-state index contributed by atoms with van der Waals surface area (Å²) in [6, 6.07) is 12.8. The number of carbonyl (C=O) groups is 1. The average Bonchev–Trinajstić information content (AvgIpc) is 3.04. The Balaban J connectivity index is 1.84. The highest BCUT2D eigenvalue weighted by molar-refractivity contribution is 5.94. The van der Waals surface area contributed by atoms with Crippen LogP contribution in [0.15, 0.2) is 48.7 Å². The van der Waals surface area contributed by atoms with Gasteiger partial charge in [0.25, 0.3) is 5.91 Å². The standard InChI is InChI=1S/C21H18F3N5O/c1-14-9-15(2)29(27-14)19-8-7-18(11-26-19)20(30)28(13-21(22,23)24)12-17-5-3-16(10-25)4-6-17/h3-9,11H,12-13H2,1-2H3. The van der Waals surface area contributed by atoms with Crippen molar-refractivity contribution in [2.24, 2.45) is 0 Å². The maximum Gasteiger partial charge on any atom is 0.406 e. The van der Waals surface area contributed by atoms with Crippen molar-refractivity contribution in [2.45, 2.75) is 26.6 Å². The van der Waals surface area contributed by atoms with Crippen LogP contribution in [0.4, 0.5) is 13.2 Å². The van der Waals surface area contributed by atoms with Crippen molar-refractivity contribution in [1.29, 1.82) is 5.26 Å². The van der Waals surface area contributed by atoms with Gasteiger partial charge in [-0.05, 0) is 49.7 Å².